The molecule has 0 aliphatic heterocycles. The Balaban J connectivity index is 1.83. The van der Waals surface area contributed by atoms with Crippen molar-refractivity contribution in [3.63, 3.8) is 0 Å². The van der Waals surface area contributed by atoms with Crippen LogP contribution in [0.4, 0.5) is 14.5 Å². The molecule has 1 unspecified atom stereocenters. The summed E-state index contributed by atoms with van der Waals surface area (Å²) in [4.78, 5) is 0. The topological polar surface area (TPSA) is 21.3 Å². The van der Waals surface area contributed by atoms with Gasteiger partial charge in [0.25, 0.3) is 0 Å². The summed E-state index contributed by atoms with van der Waals surface area (Å²) in [7, 11) is 0. The first-order valence-corrected chi connectivity index (χ1v) is 6.99. The highest BCUT2D eigenvalue weighted by atomic mass is 19.3. The zero-order valence-electron chi connectivity index (χ0n) is 11.9. The molecule has 0 spiro atoms. The van der Waals surface area contributed by atoms with E-state index in [9.17, 15) is 8.78 Å². The van der Waals surface area contributed by atoms with Crippen LogP contribution < -0.4 is 10.1 Å². The second-order valence-electron chi connectivity index (χ2n) is 4.93. The lowest BCUT2D eigenvalue weighted by Crippen LogP contribution is -2.07. The predicted molar refractivity (Wildman–Crippen MR) is 81.0 cm³/mol. The fraction of sp³-hybridized carbons (Fsp3) is 0.294. The van der Waals surface area contributed by atoms with Gasteiger partial charge in [0.1, 0.15) is 5.75 Å². The molecule has 0 heterocycles. The van der Waals surface area contributed by atoms with Gasteiger partial charge in [-0.15, -0.1) is 0 Å². The number of benzene rings is 2. The summed E-state index contributed by atoms with van der Waals surface area (Å²) >= 11 is 0. The Labute approximate surface area is 123 Å². The summed E-state index contributed by atoms with van der Waals surface area (Å²) in [6, 6.07) is 16.9. The minimum absolute atomic E-state index is 0.172. The first-order chi connectivity index (χ1) is 10.1. The maximum atomic E-state index is 12.2. The second kappa shape index (κ2) is 7.62. The third kappa shape index (κ3) is 5.06. The van der Waals surface area contributed by atoms with E-state index in [4.69, 9.17) is 0 Å². The monoisotopic (exact) mass is 291 g/mol. The maximum Gasteiger partial charge on any atom is 0.387 e. The van der Waals surface area contributed by atoms with Crippen molar-refractivity contribution in [3.05, 3.63) is 60.2 Å². The maximum absolute atomic E-state index is 12.2. The molecule has 0 aromatic heterocycles. The van der Waals surface area contributed by atoms with E-state index in [1.54, 1.807) is 12.1 Å². The van der Waals surface area contributed by atoms with Gasteiger partial charge in [0.2, 0.25) is 0 Å². The summed E-state index contributed by atoms with van der Waals surface area (Å²) in [5.41, 5.74) is 2.09. The van der Waals surface area contributed by atoms with Crippen molar-refractivity contribution in [2.75, 3.05) is 11.9 Å². The molecule has 1 atom stereocenters. The van der Waals surface area contributed by atoms with Gasteiger partial charge in [-0.2, -0.15) is 8.78 Å². The first-order valence-electron chi connectivity index (χ1n) is 6.99. The van der Waals surface area contributed by atoms with Gasteiger partial charge < -0.3 is 10.1 Å². The van der Waals surface area contributed by atoms with Crippen LogP contribution >= 0.6 is 0 Å². The summed E-state index contributed by atoms with van der Waals surface area (Å²) in [5, 5.41) is 3.23. The highest BCUT2D eigenvalue weighted by Crippen LogP contribution is 2.21. The molecule has 0 aliphatic rings. The van der Waals surface area contributed by atoms with E-state index >= 15 is 0 Å². The number of hydrogen-bond donors (Lipinski definition) is 1. The summed E-state index contributed by atoms with van der Waals surface area (Å²) in [6.45, 7) is 0.153. The standard InChI is InChI=1S/C17H19F2NO/c1-13(14-6-3-2-4-7-14)10-11-20-15-8-5-9-16(12-15)21-17(18)19/h2-9,12-13,17,20H,10-11H2,1H3. The molecule has 0 aliphatic carbocycles. The normalized spacial score (nSPS) is 12.2. The average Bonchev–Trinajstić information content (AvgIpc) is 2.48. The van der Waals surface area contributed by atoms with Gasteiger partial charge in [0.05, 0.1) is 0 Å². The lowest BCUT2D eigenvalue weighted by molar-refractivity contribution is -0.0498. The lowest BCUT2D eigenvalue weighted by atomic mass is 9.98. The van der Waals surface area contributed by atoms with Crippen molar-refractivity contribution in [2.45, 2.75) is 25.9 Å². The molecule has 21 heavy (non-hydrogen) atoms. The number of alkyl halides is 2. The van der Waals surface area contributed by atoms with Gasteiger partial charge in [-0.3, -0.25) is 0 Å². The van der Waals surface area contributed by atoms with Crippen molar-refractivity contribution < 1.29 is 13.5 Å². The third-order valence-electron chi connectivity index (χ3n) is 3.33. The van der Waals surface area contributed by atoms with Crippen LogP contribution in [0.15, 0.2) is 54.6 Å². The molecule has 0 saturated carbocycles. The molecule has 4 heteroatoms. The van der Waals surface area contributed by atoms with Gasteiger partial charge in [-0.25, -0.2) is 0 Å². The number of nitrogens with one attached hydrogen (secondary N) is 1. The van der Waals surface area contributed by atoms with Crippen molar-refractivity contribution in [2.24, 2.45) is 0 Å². The largest absolute Gasteiger partial charge is 0.435 e. The van der Waals surface area contributed by atoms with Crippen molar-refractivity contribution in [1.82, 2.24) is 0 Å². The molecule has 2 rings (SSSR count). The fourth-order valence-electron chi connectivity index (χ4n) is 2.16. The predicted octanol–water partition coefficient (Wildman–Crippen LogP) is 4.89. The molecular weight excluding hydrogens is 272 g/mol. The molecule has 0 saturated heterocycles. The Bertz CT molecular complexity index is 545. The van der Waals surface area contributed by atoms with Crippen LogP contribution in [0.3, 0.4) is 0 Å². The molecular formula is C17H19F2NO. The molecule has 0 radical (unpaired) electrons. The van der Waals surface area contributed by atoms with E-state index in [-0.39, 0.29) is 5.75 Å². The second-order valence-corrected chi connectivity index (χ2v) is 4.93. The van der Waals surface area contributed by atoms with Gasteiger partial charge >= 0.3 is 6.61 Å². The van der Waals surface area contributed by atoms with Crippen LogP contribution in [0.2, 0.25) is 0 Å². The number of ether oxygens (including phenoxy) is 1. The summed E-state index contributed by atoms with van der Waals surface area (Å²) in [5.74, 6) is 0.616. The summed E-state index contributed by atoms with van der Waals surface area (Å²) < 4.78 is 28.7. The van der Waals surface area contributed by atoms with Crippen LogP contribution in [0.5, 0.6) is 5.75 Å². The lowest BCUT2D eigenvalue weighted by Gasteiger charge is -2.13. The van der Waals surface area contributed by atoms with Crippen LogP contribution in [-0.2, 0) is 0 Å². The van der Waals surface area contributed by atoms with Crippen LogP contribution in [0.1, 0.15) is 24.8 Å². The zero-order chi connectivity index (χ0) is 15.1. The number of hydrogen-bond acceptors (Lipinski definition) is 2. The highest BCUT2D eigenvalue weighted by molar-refractivity contribution is 5.48. The Morgan fingerprint density at radius 3 is 2.52 bits per heavy atom. The molecule has 0 fully saturated rings. The molecule has 0 amide bonds. The molecule has 2 aromatic rings. The van der Waals surface area contributed by atoms with E-state index in [0.717, 1.165) is 18.7 Å². The van der Waals surface area contributed by atoms with Crippen molar-refractivity contribution in [3.8, 4) is 5.75 Å². The van der Waals surface area contributed by atoms with Crippen LogP contribution in [-0.4, -0.2) is 13.2 Å². The molecule has 2 nitrogen and oxygen atoms in total. The van der Waals surface area contributed by atoms with Gasteiger partial charge in [-0.05, 0) is 30.0 Å². The van der Waals surface area contributed by atoms with Crippen LogP contribution in [0, 0.1) is 0 Å². The van der Waals surface area contributed by atoms with Crippen LogP contribution in [0.25, 0.3) is 0 Å². The smallest absolute Gasteiger partial charge is 0.387 e. The van der Waals surface area contributed by atoms with Crippen molar-refractivity contribution in [1.29, 1.82) is 0 Å². The Morgan fingerprint density at radius 1 is 1.05 bits per heavy atom. The Kier molecular flexibility index (Phi) is 5.55. The molecule has 1 N–H and O–H groups in total. The quantitative estimate of drug-likeness (QED) is 0.784. The molecule has 0 bridgehead atoms. The van der Waals surface area contributed by atoms with Gasteiger partial charge in [0, 0.05) is 18.3 Å². The first kappa shape index (κ1) is 15.3. The molecule has 2 aromatic carbocycles. The Morgan fingerprint density at radius 2 is 1.81 bits per heavy atom. The van der Waals surface area contributed by atoms with E-state index < -0.39 is 6.61 Å². The van der Waals surface area contributed by atoms with Gasteiger partial charge in [0.15, 0.2) is 0 Å². The minimum atomic E-state index is -2.79. The fourth-order valence-corrected chi connectivity index (χ4v) is 2.16. The SMILES string of the molecule is CC(CCNc1cccc(OC(F)F)c1)c1ccccc1. The third-order valence-corrected chi connectivity index (χ3v) is 3.33. The number of halogens is 2. The Hall–Kier alpha value is -2.10. The van der Waals surface area contributed by atoms with E-state index in [0.29, 0.717) is 5.92 Å². The van der Waals surface area contributed by atoms with Crippen molar-refractivity contribution >= 4 is 5.69 Å². The minimum Gasteiger partial charge on any atom is -0.435 e. The highest BCUT2D eigenvalue weighted by Gasteiger charge is 2.06. The van der Waals surface area contributed by atoms with E-state index in [1.807, 2.05) is 24.3 Å². The van der Waals surface area contributed by atoms with E-state index in [1.165, 1.54) is 11.6 Å². The molecule has 112 valence electrons. The number of rotatable bonds is 7. The number of anilines is 1. The van der Waals surface area contributed by atoms with Gasteiger partial charge in [-0.1, -0.05) is 43.3 Å². The zero-order valence-corrected chi connectivity index (χ0v) is 11.9. The average molecular weight is 291 g/mol. The van der Waals surface area contributed by atoms with E-state index in [2.05, 4.69) is 29.1 Å². The summed E-state index contributed by atoms with van der Waals surface area (Å²) in [6.07, 6.45) is 0.962.